The Bertz CT molecular complexity index is 509. The van der Waals surface area contributed by atoms with Gasteiger partial charge in [0.25, 0.3) is 0 Å². The van der Waals surface area contributed by atoms with Gasteiger partial charge < -0.3 is 4.74 Å². The summed E-state index contributed by atoms with van der Waals surface area (Å²) in [7, 11) is 0. The fourth-order valence-electron chi connectivity index (χ4n) is 4.60. The Labute approximate surface area is 179 Å². The van der Waals surface area contributed by atoms with Gasteiger partial charge in [-0.15, -0.1) is 0 Å². The smallest absolute Gasteiger partial charge is 0.134 e. The minimum absolute atomic E-state index is 0.179. The minimum Gasteiger partial charge on any atom is -0.490 e. The van der Waals surface area contributed by atoms with Gasteiger partial charge in [-0.05, 0) is 42.9 Å². The standard InChI is InChI=1S/C27H44FO/c1-2-3-4-11-21-26(28)23-29-27-22-15-14-20-25(27)19-10-8-6-5-7-9-16-24-17-12-13-18-24/h14,20,22,24,26H,2-13,16-19,21,23H2,1H3. The van der Waals surface area contributed by atoms with E-state index in [0.29, 0.717) is 6.42 Å². The van der Waals surface area contributed by atoms with E-state index in [-0.39, 0.29) is 6.61 Å². The van der Waals surface area contributed by atoms with Crippen molar-refractivity contribution in [3.8, 4) is 5.75 Å². The van der Waals surface area contributed by atoms with E-state index in [1.54, 1.807) is 0 Å². The molecular weight excluding hydrogens is 359 g/mol. The molecule has 2 heteroatoms. The van der Waals surface area contributed by atoms with Gasteiger partial charge in [0.1, 0.15) is 18.5 Å². The van der Waals surface area contributed by atoms with Crippen LogP contribution in [0.1, 0.15) is 115 Å². The zero-order valence-corrected chi connectivity index (χ0v) is 18.9. The van der Waals surface area contributed by atoms with Gasteiger partial charge >= 0.3 is 0 Å². The highest BCUT2D eigenvalue weighted by Crippen LogP contribution is 2.29. The zero-order valence-electron chi connectivity index (χ0n) is 18.9. The molecule has 1 nitrogen and oxygen atoms in total. The summed E-state index contributed by atoms with van der Waals surface area (Å²) >= 11 is 0. The predicted octanol–water partition coefficient (Wildman–Crippen LogP) is 8.64. The van der Waals surface area contributed by atoms with Crippen LogP contribution >= 0.6 is 0 Å². The molecule has 2 rings (SSSR count). The van der Waals surface area contributed by atoms with Gasteiger partial charge in [0.2, 0.25) is 0 Å². The fourth-order valence-corrected chi connectivity index (χ4v) is 4.60. The summed E-state index contributed by atoms with van der Waals surface area (Å²) in [5, 5.41) is 0. The molecule has 29 heavy (non-hydrogen) atoms. The van der Waals surface area contributed by atoms with Crippen LogP contribution in [0.5, 0.6) is 5.75 Å². The second-order valence-electron chi connectivity index (χ2n) is 9.10. The average Bonchev–Trinajstić information content (AvgIpc) is 3.26. The number of halogens is 1. The predicted molar refractivity (Wildman–Crippen MR) is 122 cm³/mol. The first-order valence-corrected chi connectivity index (χ1v) is 12.6. The molecule has 0 aromatic heterocycles. The number of alkyl halides is 1. The molecule has 0 bridgehead atoms. The Morgan fingerprint density at radius 3 is 2.52 bits per heavy atom. The molecule has 165 valence electrons. The van der Waals surface area contributed by atoms with E-state index in [1.165, 1.54) is 89.0 Å². The van der Waals surface area contributed by atoms with Crippen molar-refractivity contribution in [2.75, 3.05) is 6.61 Å². The van der Waals surface area contributed by atoms with Crippen LogP contribution in [0.3, 0.4) is 0 Å². The molecule has 1 atom stereocenters. The monoisotopic (exact) mass is 403 g/mol. The number of rotatable bonds is 17. The van der Waals surface area contributed by atoms with Crippen molar-refractivity contribution in [3.63, 3.8) is 0 Å². The molecule has 0 amide bonds. The number of hydrogen-bond donors (Lipinski definition) is 0. The van der Waals surface area contributed by atoms with Crippen molar-refractivity contribution < 1.29 is 9.13 Å². The highest BCUT2D eigenvalue weighted by atomic mass is 19.1. The maximum Gasteiger partial charge on any atom is 0.134 e. The lowest BCUT2D eigenvalue weighted by Gasteiger charge is -2.14. The van der Waals surface area contributed by atoms with Crippen molar-refractivity contribution in [2.45, 2.75) is 122 Å². The van der Waals surface area contributed by atoms with E-state index >= 15 is 0 Å². The number of hydrogen-bond acceptors (Lipinski definition) is 1. The maximum atomic E-state index is 14.1. The third-order valence-corrected chi connectivity index (χ3v) is 6.49. The van der Waals surface area contributed by atoms with Gasteiger partial charge in [0.15, 0.2) is 0 Å². The van der Waals surface area contributed by atoms with Gasteiger partial charge in [0, 0.05) is 0 Å². The average molecular weight is 404 g/mol. The highest BCUT2D eigenvalue weighted by molar-refractivity contribution is 5.32. The summed E-state index contributed by atoms with van der Waals surface area (Å²) in [6.45, 7) is 2.36. The van der Waals surface area contributed by atoms with Crippen LogP contribution in [0.15, 0.2) is 18.2 Å². The Balaban J connectivity index is 1.53. The lowest BCUT2D eigenvalue weighted by molar-refractivity contribution is 0.182. The first kappa shape index (κ1) is 24.2. The fraction of sp³-hybridized carbons (Fsp3) is 0.778. The molecule has 0 N–H and O–H groups in total. The minimum atomic E-state index is -0.857. The quantitative estimate of drug-likeness (QED) is 0.236. The molecule has 1 aliphatic rings. The van der Waals surface area contributed by atoms with Gasteiger partial charge in [-0.3, -0.25) is 0 Å². The van der Waals surface area contributed by atoms with Crippen LogP contribution in [0.4, 0.5) is 4.39 Å². The summed E-state index contributed by atoms with van der Waals surface area (Å²) in [5.74, 6) is 1.88. The lowest BCUT2D eigenvalue weighted by Crippen LogP contribution is -2.13. The third-order valence-electron chi connectivity index (χ3n) is 6.49. The van der Waals surface area contributed by atoms with Crippen molar-refractivity contribution in [1.82, 2.24) is 0 Å². The summed E-state index contributed by atoms with van der Waals surface area (Å²) in [5.41, 5.74) is 1.21. The summed E-state index contributed by atoms with van der Waals surface area (Å²) in [6.07, 6.45) is 20.7. The van der Waals surface area contributed by atoms with Gasteiger partial charge in [-0.25, -0.2) is 4.39 Å². The van der Waals surface area contributed by atoms with E-state index in [1.807, 2.05) is 12.1 Å². The van der Waals surface area contributed by atoms with Crippen molar-refractivity contribution in [2.24, 2.45) is 5.92 Å². The SMILES string of the molecule is CCCCCCC(F)COc1c[c]ccc1CCCCCCCCC1CCCC1. The molecule has 0 saturated heterocycles. The van der Waals surface area contributed by atoms with Gasteiger partial charge in [-0.2, -0.15) is 0 Å². The van der Waals surface area contributed by atoms with Crippen LogP contribution in [0, 0.1) is 12.0 Å². The Morgan fingerprint density at radius 2 is 1.72 bits per heavy atom. The number of benzene rings is 1. The summed E-state index contributed by atoms with van der Waals surface area (Å²) in [4.78, 5) is 0. The Kier molecular flexibility index (Phi) is 13.2. The van der Waals surface area contributed by atoms with E-state index in [9.17, 15) is 4.39 Å². The van der Waals surface area contributed by atoms with Crippen molar-refractivity contribution >= 4 is 0 Å². The van der Waals surface area contributed by atoms with Crippen LogP contribution < -0.4 is 4.74 Å². The van der Waals surface area contributed by atoms with Crippen LogP contribution in [0.25, 0.3) is 0 Å². The molecule has 1 aromatic carbocycles. The van der Waals surface area contributed by atoms with E-state index in [0.717, 1.165) is 30.9 Å². The van der Waals surface area contributed by atoms with Gasteiger partial charge in [0.05, 0.1) is 0 Å². The topological polar surface area (TPSA) is 9.23 Å². The number of unbranched alkanes of at least 4 members (excludes halogenated alkanes) is 8. The van der Waals surface area contributed by atoms with E-state index in [4.69, 9.17) is 4.74 Å². The molecule has 1 fully saturated rings. The molecule has 1 saturated carbocycles. The molecule has 0 aliphatic heterocycles. The normalized spacial score (nSPS) is 15.7. The molecule has 0 heterocycles. The van der Waals surface area contributed by atoms with Crippen LogP contribution in [-0.4, -0.2) is 12.8 Å². The van der Waals surface area contributed by atoms with E-state index < -0.39 is 6.17 Å². The first-order valence-electron chi connectivity index (χ1n) is 12.6. The number of ether oxygens (including phenoxy) is 1. The van der Waals surface area contributed by atoms with Crippen LogP contribution in [-0.2, 0) is 6.42 Å². The zero-order chi connectivity index (χ0) is 20.6. The van der Waals surface area contributed by atoms with E-state index in [2.05, 4.69) is 19.1 Å². The maximum absolute atomic E-state index is 14.1. The first-order chi connectivity index (χ1) is 14.3. The molecule has 1 aromatic rings. The molecule has 1 aliphatic carbocycles. The second-order valence-corrected chi connectivity index (χ2v) is 9.10. The lowest BCUT2D eigenvalue weighted by atomic mass is 9.98. The molecular formula is C27H44FO. The van der Waals surface area contributed by atoms with Crippen LogP contribution in [0.2, 0.25) is 0 Å². The Morgan fingerprint density at radius 1 is 1.00 bits per heavy atom. The molecule has 1 unspecified atom stereocenters. The number of aryl methyl sites for hydroxylation is 1. The van der Waals surface area contributed by atoms with Crippen molar-refractivity contribution in [3.05, 3.63) is 29.8 Å². The highest BCUT2D eigenvalue weighted by Gasteiger charge is 2.14. The largest absolute Gasteiger partial charge is 0.490 e. The van der Waals surface area contributed by atoms with Gasteiger partial charge in [-0.1, -0.05) is 109 Å². The summed E-state index contributed by atoms with van der Waals surface area (Å²) < 4.78 is 19.9. The molecule has 1 radical (unpaired) electrons. The summed E-state index contributed by atoms with van der Waals surface area (Å²) in [6, 6.07) is 9.00. The second kappa shape index (κ2) is 15.7. The third kappa shape index (κ3) is 11.1. The molecule has 0 spiro atoms. The Hall–Kier alpha value is -1.05. The van der Waals surface area contributed by atoms with Crippen molar-refractivity contribution in [1.29, 1.82) is 0 Å².